The highest BCUT2D eigenvalue weighted by Gasteiger charge is 2.40. The molecule has 1 aromatic carbocycles. The van der Waals surface area contributed by atoms with Crippen LogP contribution in [0.1, 0.15) is 66.4 Å². The van der Waals surface area contributed by atoms with Crippen molar-refractivity contribution in [1.82, 2.24) is 0 Å². The van der Waals surface area contributed by atoms with E-state index in [1.165, 1.54) is 0 Å². The molecule has 0 spiro atoms. The van der Waals surface area contributed by atoms with Crippen LogP contribution in [0.5, 0.6) is 0 Å². The second-order valence-electron chi connectivity index (χ2n) is 10.3. The predicted molar refractivity (Wildman–Crippen MR) is 122 cm³/mol. The highest BCUT2D eigenvalue weighted by molar-refractivity contribution is 6.74. The number of ketones is 1. The molecule has 1 N–H and O–H groups in total. The van der Waals surface area contributed by atoms with Crippen LogP contribution in [0.3, 0.4) is 0 Å². The van der Waals surface area contributed by atoms with Gasteiger partial charge < -0.3 is 14.3 Å². The van der Waals surface area contributed by atoms with Gasteiger partial charge in [0.25, 0.3) is 0 Å². The molecule has 0 aliphatic carbocycles. The molecule has 5 heteroatoms. The monoisotopic (exact) mass is 422 g/mol. The van der Waals surface area contributed by atoms with Crippen molar-refractivity contribution in [1.29, 1.82) is 0 Å². The number of rotatable bonds is 12. The van der Waals surface area contributed by atoms with Crippen LogP contribution in [0.25, 0.3) is 0 Å². The average molecular weight is 423 g/mol. The zero-order valence-corrected chi connectivity index (χ0v) is 20.7. The van der Waals surface area contributed by atoms with E-state index in [2.05, 4.69) is 47.7 Å². The van der Waals surface area contributed by atoms with Crippen molar-refractivity contribution in [2.24, 2.45) is 5.41 Å². The van der Waals surface area contributed by atoms with Gasteiger partial charge in [-0.2, -0.15) is 0 Å². The molecule has 1 rings (SSSR count). The predicted octanol–water partition coefficient (Wildman–Crippen LogP) is 5.74. The van der Waals surface area contributed by atoms with E-state index in [-0.39, 0.29) is 28.8 Å². The number of hydrogen-bond donors (Lipinski definition) is 1. The maximum Gasteiger partial charge on any atom is 0.192 e. The number of ether oxygens (including phenoxy) is 1. The van der Waals surface area contributed by atoms with Crippen molar-refractivity contribution in [3.63, 3.8) is 0 Å². The Kier molecular flexibility index (Phi) is 9.73. The van der Waals surface area contributed by atoms with E-state index in [0.717, 1.165) is 5.56 Å². The first kappa shape index (κ1) is 26.0. The molecule has 2 atom stereocenters. The Morgan fingerprint density at radius 3 is 2.21 bits per heavy atom. The molecule has 0 unspecified atom stereocenters. The number of Topliss-reactive ketones (excluding diaryl/α,β-unsaturated/α-hetero) is 1. The van der Waals surface area contributed by atoms with Gasteiger partial charge in [0, 0.05) is 31.3 Å². The summed E-state index contributed by atoms with van der Waals surface area (Å²) in [7, 11) is -1.89. The Balaban J connectivity index is 2.89. The van der Waals surface area contributed by atoms with Gasteiger partial charge in [0.1, 0.15) is 5.78 Å². The van der Waals surface area contributed by atoms with Crippen LogP contribution in [0.15, 0.2) is 30.3 Å². The van der Waals surface area contributed by atoms with E-state index in [9.17, 15) is 9.90 Å². The maximum atomic E-state index is 11.8. The van der Waals surface area contributed by atoms with Crippen molar-refractivity contribution in [2.45, 2.75) is 97.8 Å². The van der Waals surface area contributed by atoms with Gasteiger partial charge in [0.05, 0.1) is 18.8 Å². The fourth-order valence-electron chi connectivity index (χ4n) is 2.80. The molecule has 0 amide bonds. The van der Waals surface area contributed by atoms with Gasteiger partial charge in [-0.15, -0.1) is 0 Å². The SMILES string of the molecule is CCC(=O)C[C@@H](O)C[C@H](OCc1ccccc1)C(C)(C)CO[Si](C)(C)C(C)(C)C. The van der Waals surface area contributed by atoms with Crippen LogP contribution in [0.2, 0.25) is 18.1 Å². The summed E-state index contributed by atoms with van der Waals surface area (Å²) in [5.41, 5.74) is 0.804. The number of benzene rings is 1. The van der Waals surface area contributed by atoms with E-state index in [0.29, 0.717) is 26.1 Å². The number of carbonyl (C=O) groups excluding carboxylic acids is 1. The van der Waals surface area contributed by atoms with Crippen molar-refractivity contribution in [3.05, 3.63) is 35.9 Å². The van der Waals surface area contributed by atoms with E-state index in [1.54, 1.807) is 0 Å². The van der Waals surface area contributed by atoms with Crippen LogP contribution in [-0.2, 0) is 20.6 Å². The molecule has 4 nitrogen and oxygen atoms in total. The number of aliphatic hydroxyl groups excluding tert-OH is 1. The van der Waals surface area contributed by atoms with Crippen molar-refractivity contribution in [3.8, 4) is 0 Å². The van der Waals surface area contributed by atoms with Crippen LogP contribution < -0.4 is 0 Å². The number of hydrogen-bond acceptors (Lipinski definition) is 4. The third-order valence-electron chi connectivity index (χ3n) is 6.12. The van der Waals surface area contributed by atoms with E-state index in [4.69, 9.17) is 9.16 Å². The van der Waals surface area contributed by atoms with Gasteiger partial charge in [-0.1, -0.05) is 71.9 Å². The van der Waals surface area contributed by atoms with E-state index >= 15 is 0 Å². The third kappa shape index (κ3) is 8.71. The molecule has 0 saturated carbocycles. The van der Waals surface area contributed by atoms with E-state index < -0.39 is 14.4 Å². The smallest absolute Gasteiger partial charge is 0.192 e. The summed E-state index contributed by atoms with van der Waals surface area (Å²) >= 11 is 0. The molecule has 0 aliphatic rings. The van der Waals surface area contributed by atoms with Gasteiger partial charge in [0.15, 0.2) is 8.32 Å². The molecular formula is C24H42O4Si. The summed E-state index contributed by atoms with van der Waals surface area (Å²) in [6.07, 6.45) is 0.139. The summed E-state index contributed by atoms with van der Waals surface area (Å²) in [6.45, 7) is 18.3. The third-order valence-corrected chi connectivity index (χ3v) is 10.6. The summed E-state index contributed by atoms with van der Waals surface area (Å²) in [6, 6.07) is 10.0. The molecule has 0 heterocycles. The molecular weight excluding hydrogens is 380 g/mol. The van der Waals surface area contributed by atoms with Gasteiger partial charge >= 0.3 is 0 Å². The molecule has 0 fully saturated rings. The zero-order chi connectivity index (χ0) is 22.3. The highest BCUT2D eigenvalue weighted by Crippen LogP contribution is 2.39. The highest BCUT2D eigenvalue weighted by atomic mass is 28.4. The quantitative estimate of drug-likeness (QED) is 0.436. The fourth-order valence-corrected chi connectivity index (χ4v) is 3.96. The molecule has 0 bridgehead atoms. The minimum Gasteiger partial charge on any atom is -0.416 e. The summed E-state index contributed by atoms with van der Waals surface area (Å²) < 4.78 is 12.8. The summed E-state index contributed by atoms with van der Waals surface area (Å²) in [4.78, 5) is 11.8. The van der Waals surface area contributed by atoms with Crippen molar-refractivity contribution >= 4 is 14.1 Å². The summed E-state index contributed by atoms with van der Waals surface area (Å²) in [5, 5.41) is 10.6. The van der Waals surface area contributed by atoms with Gasteiger partial charge in [-0.3, -0.25) is 4.79 Å². The van der Waals surface area contributed by atoms with E-state index in [1.807, 2.05) is 37.3 Å². The lowest BCUT2D eigenvalue weighted by Crippen LogP contribution is -2.46. The Hall–Kier alpha value is -1.01. The van der Waals surface area contributed by atoms with Crippen LogP contribution in [-0.4, -0.2) is 38.0 Å². The van der Waals surface area contributed by atoms with Crippen molar-refractivity contribution in [2.75, 3.05) is 6.61 Å². The standard InChI is InChI=1S/C24H42O4Si/c1-9-20(25)15-21(26)16-22(27-17-19-13-11-10-12-14-19)24(5,6)18-28-29(7,8)23(2,3)4/h10-14,21-22,26H,9,15-18H2,1-8H3/t21-,22+/m1/s1. The minimum absolute atomic E-state index is 0.0784. The second-order valence-corrected chi connectivity index (χ2v) is 15.1. The average Bonchev–Trinajstić information content (AvgIpc) is 2.63. The Morgan fingerprint density at radius 2 is 1.69 bits per heavy atom. The molecule has 0 radical (unpaired) electrons. The molecule has 0 aromatic heterocycles. The molecule has 0 aliphatic heterocycles. The lowest BCUT2D eigenvalue weighted by atomic mass is 9.83. The Bertz CT molecular complexity index is 620. The second kappa shape index (κ2) is 10.8. The Labute approximate surface area is 179 Å². The fraction of sp³-hybridized carbons (Fsp3) is 0.708. The van der Waals surface area contributed by atoms with Crippen molar-refractivity contribution < 1.29 is 19.1 Å². The zero-order valence-electron chi connectivity index (χ0n) is 19.7. The minimum atomic E-state index is -1.89. The maximum absolute atomic E-state index is 11.8. The van der Waals surface area contributed by atoms with Gasteiger partial charge in [0.2, 0.25) is 0 Å². The largest absolute Gasteiger partial charge is 0.416 e. The van der Waals surface area contributed by atoms with Gasteiger partial charge in [-0.25, -0.2) is 0 Å². The molecule has 29 heavy (non-hydrogen) atoms. The van der Waals surface area contributed by atoms with Crippen LogP contribution >= 0.6 is 0 Å². The topological polar surface area (TPSA) is 55.8 Å². The number of aliphatic hydroxyl groups is 1. The number of carbonyl (C=O) groups is 1. The first-order valence-corrected chi connectivity index (χ1v) is 13.7. The first-order valence-electron chi connectivity index (χ1n) is 10.8. The van der Waals surface area contributed by atoms with Crippen LogP contribution in [0.4, 0.5) is 0 Å². The Morgan fingerprint density at radius 1 is 1.10 bits per heavy atom. The lowest BCUT2D eigenvalue weighted by Gasteiger charge is -2.41. The molecule has 1 aromatic rings. The first-order chi connectivity index (χ1) is 13.3. The van der Waals surface area contributed by atoms with Crippen LogP contribution in [0, 0.1) is 5.41 Å². The molecule has 166 valence electrons. The normalized spacial score (nSPS) is 15.2. The molecule has 0 saturated heterocycles. The lowest BCUT2D eigenvalue weighted by molar-refractivity contribution is -0.122. The van der Waals surface area contributed by atoms with Gasteiger partial charge in [-0.05, 0) is 23.7 Å². The summed E-state index contributed by atoms with van der Waals surface area (Å²) in [5.74, 6) is 0.0784.